The summed E-state index contributed by atoms with van der Waals surface area (Å²) in [6.07, 6.45) is 2.75. The molecule has 17 heavy (non-hydrogen) atoms. The van der Waals surface area contributed by atoms with E-state index in [4.69, 9.17) is 4.74 Å². The van der Waals surface area contributed by atoms with Gasteiger partial charge in [-0.3, -0.25) is 0 Å². The van der Waals surface area contributed by atoms with E-state index in [2.05, 4.69) is 12.2 Å². The fourth-order valence-electron chi connectivity index (χ4n) is 1.97. The van der Waals surface area contributed by atoms with Crippen molar-refractivity contribution in [2.24, 2.45) is 0 Å². The molecule has 0 amide bonds. The van der Waals surface area contributed by atoms with Crippen molar-refractivity contribution in [1.29, 1.82) is 0 Å². The molecule has 1 atom stereocenters. The SMILES string of the molecule is CCNC(CCCOC)Cc1ccccc1F. The molecule has 1 N–H and O–H groups in total. The molecule has 0 aliphatic carbocycles. The number of likely N-dealkylation sites (N-methyl/N-ethyl adjacent to an activating group) is 1. The first-order valence-corrected chi connectivity index (χ1v) is 6.23. The Hall–Kier alpha value is -0.930. The molecule has 96 valence electrons. The van der Waals surface area contributed by atoms with Gasteiger partial charge in [0.1, 0.15) is 5.82 Å². The Morgan fingerprint density at radius 1 is 1.35 bits per heavy atom. The monoisotopic (exact) mass is 239 g/mol. The molecule has 1 rings (SSSR count). The van der Waals surface area contributed by atoms with E-state index in [0.717, 1.165) is 38.0 Å². The molecule has 3 heteroatoms. The Kier molecular flexibility index (Phi) is 6.82. The quantitative estimate of drug-likeness (QED) is 0.704. The van der Waals surface area contributed by atoms with Crippen molar-refractivity contribution in [3.63, 3.8) is 0 Å². The van der Waals surface area contributed by atoms with Crippen LogP contribution in [0.5, 0.6) is 0 Å². The molecule has 0 saturated heterocycles. The second-order valence-corrected chi connectivity index (χ2v) is 4.19. The van der Waals surface area contributed by atoms with Crippen LogP contribution in [-0.2, 0) is 11.2 Å². The maximum Gasteiger partial charge on any atom is 0.126 e. The summed E-state index contributed by atoms with van der Waals surface area (Å²) < 4.78 is 18.6. The van der Waals surface area contributed by atoms with Crippen LogP contribution in [0, 0.1) is 5.82 Å². The number of benzene rings is 1. The molecule has 0 heterocycles. The van der Waals surface area contributed by atoms with E-state index in [-0.39, 0.29) is 5.82 Å². The van der Waals surface area contributed by atoms with Gasteiger partial charge in [-0.15, -0.1) is 0 Å². The molecular weight excluding hydrogens is 217 g/mol. The van der Waals surface area contributed by atoms with Crippen LogP contribution in [0.2, 0.25) is 0 Å². The highest BCUT2D eigenvalue weighted by Gasteiger charge is 2.10. The van der Waals surface area contributed by atoms with E-state index in [1.807, 2.05) is 12.1 Å². The molecule has 1 unspecified atom stereocenters. The molecule has 0 aliphatic rings. The van der Waals surface area contributed by atoms with Gasteiger partial charge in [0.2, 0.25) is 0 Å². The van der Waals surface area contributed by atoms with Crippen molar-refractivity contribution in [2.45, 2.75) is 32.2 Å². The van der Waals surface area contributed by atoms with Crippen LogP contribution in [0.1, 0.15) is 25.3 Å². The summed E-state index contributed by atoms with van der Waals surface area (Å²) in [5.74, 6) is -0.109. The first kappa shape index (κ1) is 14.1. The minimum atomic E-state index is -0.109. The van der Waals surface area contributed by atoms with Crippen LogP contribution in [0.25, 0.3) is 0 Å². The molecule has 0 aromatic heterocycles. The minimum Gasteiger partial charge on any atom is -0.385 e. The lowest BCUT2D eigenvalue weighted by Gasteiger charge is -2.18. The van der Waals surface area contributed by atoms with Crippen LogP contribution in [-0.4, -0.2) is 26.3 Å². The summed E-state index contributed by atoms with van der Waals surface area (Å²) in [5, 5.41) is 3.39. The highest BCUT2D eigenvalue weighted by Crippen LogP contribution is 2.11. The number of methoxy groups -OCH3 is 1. The molecule has 1 aromatic carbocycles. The van der Waals surface area contributed by atoms with Gasteiger partial charge in [0, 0.05) is 19.8 Å². The third kappa shape index (κ3) is 5.29. The van der Waals surface area contributed by atoms with E-state index >= 15 is 0 Å². The predicted octanol–water partition coefficient (Wildman–Crippen LogP) is 2.77. The molecule has 0 saturated carbocycles. The number of hydrogen-bond acceptors (Lipinski definition) is 2. The maximum atomic E-state index is 13.5. The number of ether oxygens (including phenoxy) is 1. The minimum absolute atomic E-state index is 0.109. The van der Waals surface area contributed by atoms with Crippen LogP contribution < -0.4 is 5.32 Å². The lowest BCUT2D eigenvalue weighted by Crippen LogP contribution is -2.31. The average Bonchev–Trinajstić information content (AvgIpc) is 2.32. The smallest absolute Gasteiger partial charge is 0.126 e. The second kappa shape index (κ2) is 8.20. The van der Waals surface area contributed by atoms with Crippen LogP contribution in [0.4, 0.5) is 4.39 Å². The molecule has 0 aliphatic heterocycles. The normalized spacial score (nSPS) is 12.6. The van der Waals surface area contributed by atoms with Gasteiger partial charge in [-0.2, -0.15) is 0 Å². The third-order valence-electron chi connectivity index (χ3n) is 2.82. The van der Waals surface area contributed by atoms with Crippen LogP contribution >= 0.6 is 0 Å². The van der Waals surface area contributed by atoms with Crippen molar-refractivity contribution in [3.05, 3.63) is 35.6 Å². The highest BCUT2D eigenvalue weighted by atomic mass is 19.1. The fraction of sp³-hybridized carbons (Fsp3) is 0.571. The summed E-state index contributed by atoms with van der Waals surface area (Å²) in [6.45, 7) is 3.75. The first-order valence-electron chi connectivity index (χ1n) is 6.23. The Bertz CT molecular complexity index is 317. The number of nitrogens with one attached hydrogen (secondary N) is 1. The van der Waals surface area contributed by atoms with Gasteiger partial charge in [0.15, 0.2) is 0 Å². The average molecular weight is 239 g/mol. The predicted molar refractivity (Wildman–Crippen MR) is 68.7 cm³/mol. The molecule has 0 spiro atoms. The molecule has 0 bridgehead atoms. The number of halogens is 1. The van der Waals surface area contributed by atoms with Crippen molar-refractivity contribution in [1.82, 2.24) is 5.32 Å². The Morgan fingerprint density at radius 2 is 2.12 bits per heavy atom. The van der Waals surface area contributed by atoms with E-state index < -0.39 is 0 Å². The standard InChI is InChI=1S/C14H22FNO/c1-3-16-13(8-6-10-17-2)11-12-7-4-5-9-14(12)15/h4-5,7,9,13,16H,3,6,8,10-11H2,1-2H3. The van der Waals surface area contributed by atoms with Crippen LogP contribution in [0.15, 0.2) is 24.3 Å². The van der Waals surface area contributed by atoms with Crippen molar-refractivity contribution in [2.75, 3.05) is 20.3 Å². The maximum absolute atomic E-state index is 13.5. The Labute approximate surface area is 103 Å². The number of hydrogen-bond donors (Lipinski definition) is 1. The van der Waals surface area contributed by atoms with Gasteiger partial charge in [-0.25, -0.2) is 4.39 Å². The summed E-state index contributed by atoms with van der Waals surface area (Å²) >= 11 is 0. The van der Waals surface area contributed by atoms with Gasteiger partial charge in [-0.1, -0.05) is 25.1 Å². The Balaban J connectivity index is 2.50. The highest BCUT2D eigenvalue weighted by molar-refractivity contribution is 5.18. The molecular formula is C14H22FNO. The van der Waals surface area contributed by atoms with Crippen molar-refractivity contribution in [3.8, 4) is 0 Å². The van der Waals surface area contributed by atoms with E-state index in [0.29, 0.717) is 6.04 Å². The summed E-state index contributed by atoms with van der Waals surface area (Å²) in [7, 11) is 1.71. The number of rotatable bonds is 8. The summed E-state index contributed by atoms with van der Waals surface area (Å²) in [6, 6.07) is 7.32. The zero-order valence-electron chi connectivity index (χ0n) is 10.7. The van der Waals surface area contributed by atoms with Crippen molar-refractivity contribution < 1.29 is 9.13 Å². The van der Waals surface area contributed by atoms with Gasteiger partial charge in [-0.05, 0) is 37.4 Å². The third-order valence-corrected chi connectivity index (χ3v) is 2.82. The lowest BCUT2D eigenvalue weighted by molar-refractivity contribution is 0.188. The van der Waals surface area contributed by atoms with Gasteiger partial charge in [0.25, 0.3) is 0 Å². The van der Waals surface area contributed by atoms with Gasteiger partial charge < -0.3 is 10.1 Å². The van der Waals surface area contributed by atoms with Crippen LogP contribution in [0.3, 0.4) is 0 Å². The van der Waals surface area contributed by atoms with E-state index in [9.17, 15) is 4.39 Å². The van der Waals surface area contributed by atoms with E-state index in [1.54, 1.807) is 13.2 Å². The summed E-state index contributed by atoms with van der Waals surface area (Å²) in [5.41, 5.74) is 0.788. The largest absolute Gasteiger partial charge is 0.385 e. The molecule has 0 fully saturated rings. The zero-order chi connectivity index (χ0) is 12.5. The molecule has 0 radical (unpaired) electrons. The molecule has 1 aromatic rings. The summed E-state index contributed by atoms with van der Waals surface area (Å²) in [4.78, 5) is 0. The molecule has 2 nitrogen and oxygen atoms in total. The fourth-order valence-corrected chi connectivity index (χ4v) is 1.97. The van der Waals surface area contributed by atoms with E-state index in [1.165, 1.54) is 6.07 Å². The van der Waals surface area contributed by atoms with Crippen molar-refractivity contribution >= 4 is 0 Å². The van der Waals surface area contributed by atoms with Gasteiger partial charge >= 0.3 is 0 Å². The topological polar surface area (TPSA) is 21.3 Å². The second-order valence-electron chi connectivity index (χ2n) is 4.19. The zero-order valence-corrected chi connectivity index (χ0v) is 10.7. The first-order chi connectivity index (χ1) is 8.27. The Morgan fingerprint density at radius 3 is 2.76 bits per heavy atom. The lowest BCUT2D eigenvalue weighted by atomic mass is 10.0. The van der Waals surface area contributed by atoms with Gasteiger partial charge in [0.05, 0.1) is 0 Å².